The van der Waals surface area contributed by atoms with Gasteiger partial charge in [0.15, 0.2) is 0 Å². The summed E-state index contributed by atoms with van der Waals surface area (Å²) in [6.07, 6.45) is 0. The van der Waals surface area contributed by atoms with Gasteiger partial charge in [0.1, 0.15) is 5.82 Å². The SMILES string of the molecule is [O-][n+]1c(O)c(S)[n+]([O-])c2cc(Cl)c(F)cc21. The summed E-state index contributed by atoms with van der Waals surface area (Å²) in [6, 6.07) is 1.76. The van der Waals surface area contributed by atoms with Crippen molar-refractivity contribution in [1.82, 2.24) is 0 Å². The molecule has 2 aromatic rings. The second kappa shape index (κ2) is 3.53. The third-order valence-corrected chi connectivity index (χ3v) is 2.71. The zero-order valence-corrected chi connectivity index (χ0v) is 9.17. The molecule has 0 saturated carbocycles. The average Bonchev–Trinajstić information content (AvgIpc) is 2.26. The van der Waals surface area contributed by atoms with Crippen LogP contribution in [-0.4, -0.2) is 5.11 Å². The molecule has 1 N–H and O–H groups in total. The summed E-state index contributed by atoms with van der Waals surface area (Å²) in [5.41, 5.74) is -0.503. The predicted octanol–water partition coefficient (Wildman–Crippen LogP) is 0.893. The molecule has 84 valence electrons. The van der Waals surface area contributed by atoms with E-state index in [4.69, 9.17) is 11.6 Å². The maximum atomic E-state index is 13.1. The molecule has 0 atom stereocenters. The Hall–Kier alpha value is -1.47. The fraction of sp³-hybridized carbons (Fsp3) is 0. The van der Waals surface area contributed by atoms with Gasteiger partial charge in [-0.25, -0.2) is 4.39 Å². The first-order valence-corrected chi connectivity index (χ1v) is 4.81. The number of aromatic hydroxyl groups is 1. The molecular formula is C8H4ClFN2O3S. The van der Waals surface area contributed by atoms with Crippen LogP contribution >= 0.6 is 24.2 Å². The summed E-state index contributed by atoms with van der Waals surface area (Å²) in [4.78, 5) is 0. The van der Waals surface area contributed by atoms with Gasteiger partial charge in [-0.2, -0.15) is 0 Å². The molecule has 1 aromatic heterocycles. The number of nitrogens with zero attached hydrogens (tertiary/aromatic N) is 2. The topological polar surface area (TPSA) is 74.1 Å². The standard InChI is InChI=1S/C8H4ClFN2O3S/c9-3-1-5-6(2-4(3)10)11(14)7(13)8(16)12(5)15/h1-2,13,16H. The largest absolute Gasteiger partial charge is 0.617 e. The summed E-state index contributed by atoms with van der Waals surface area (Å²) in [5.74, 6) is -1.75. The first-order chi connectivity index (χ1) is 7.43. The van der Waals surface area contributed by atoms with Crippen LogP contribution in [0.2, 0.25) is 5.02 Å². The molecular weight excluding hydrogens is 259 g/mol. The maximum Gasteiger partial charge on any atom is 0.460 e. The highest BCUT2D eigenvalue weighted by atomic mass is 35.5. The van der Waals surface area contributed by atoms with E-state index in [1.54, 1.807) is 0 Å². The van der Waals surface area contributed by atoms with Crippen LogP contribution in [0.3, 0.4) is 0 Å². The molecule has 0 spiro atoms. The van der Waals surface area contributed by atoms with Gasteiger partial charge in [0.25, 0.3) is 11.0 Å². The van der Waals surface area contributed by atoms with Crippen LogP contribution < -0.4 is 9.46 Å². The molecule has 0 aliphatic carbocycles. The Morgan fingerprint density at radius 3 is 2.44 bits per heavy atom. The van der Waals surface area contributed by atoms with E-state index in [-0.39, 0.29) is 25.5 Å². The molecule has 1 heterocycles. The Balaban J connectivity index is 3.02. The Labute approximate surface area is 98.9 Å². The van der Waals surface area contributed by atoms with E-state index in [1.165, 1.54) is 0 Å². The molecule has 0 unspecified atom stereocenters. The molecule has 0 radical (unpaired) electrons. The third-order valence-electron chi connectivity index (χ3n) is 2.04. The summed E-state index contributed by atoms with van der Waals surface area (Å²) < 4.78 is 13.3. The molecule has 2 rings (SSSR count). The lowest BCUT2D eigenvalue weighted by Gasteiger charge is -2.07. The molecule has 0 aliphatic heterocycles. The van der Waals surface area contributed by atoms with Crippen molar-refractivity contribution in [3.63, 3.8) is 0 Å². The summed E-state index contributed by atoms with van der Waals surface area (Å²) >= 11 is 9.14. The minimum atomic E-state index is -0.896. The lowest BCUT2D eigenvalue weighted by molar-refractivity contribution is -0.664. The van der Waals surface area contributed by atoms with Crippen molar-refractivity contribution in [2.45, 2.75) is 5.03 Å². The zero-order chi connectivity index (χ0) is 12.0. The maximum absolute atomic E-state index is 13.1. The van der Waals surface area contributed by atoms with Crippen LogP contribution in [0.1, 0.15) is 0 Å². The monoisotopic (exact) mass is 262 g/mol. The highest BCUT2D eigenvalue weighted by Gasteiger charge is 2.26. The van der Waals surface area contributed by atoms with Gasteiger partial charge in [0.05, 0.1) is 11.1 Å². The first kappa shape index (κ1) is 11.0. The van der Waals surface area contributed by atoms with Crippen LogP contribution in [0.5, 0.6) is 5.88 Å². The second-order valence-corrected chi connectivity index (χ2v) is 3.82. The van der Waals surface area contributed by atoms with E-state index in [0.717, 1.165) is 12.1 Å². The third kappa shape index (κ3) is 1.40. The van der Waals surface area contributed by atoms with Crippen molar-refractivity contribution in [2.24, 2.45) is 0 Å². The van der Waals surface area contributed by atoms with Crippen LogP contribution in [0, 0.1) is 16.2 Å². The van der Waals surface area contributed by atoms with E-state index >= 15 is 0 Å². The zero-order valence-electron chi connectivity index (χ0n) is 7.52. The van der Waals surface area contributed by atoms with Crippen molar-refractivity contribution in [2.75, 3.05) is 0 Å². The number of benzene rings is 1. The van der Waals surface area contributed by atoms with Gasteiger partial charge in [-0.3, -0.25) is 0 Å². The van der Waals surface area contributed by atoms with Gasteiger partial charge >= 0.3 is 10.9 Å². The fourth-order valence-corrected chi connectivity index (χ4v) is 1.62. The minimum absolute atomic E-state index is 0.00543. The van der Waals surface area contributed by atoms with E-state index in [9.17, 15) is 19.9 Å². The van der Waals surface area contributed by atoms with Crippen molar-refractivity contribution in [1.29, 1.82) is 0 Å². The lowest BCUT2D eigenvalue weighted by Crippen LogP contribution is -2.39. The number of fused-ring (bicyclic) bond motifs is 1. The molecule has 1 aromatic carbocycles. The summed E-state index contributed by atoms with van der Waals surface area (Å²) in [6.45, 7) is 0. The van der Waals surface area contributed by atoms with Crippen LogP contribution in [0.4, 0.5) is 4.39 Å². The van der Waals surface area contributed by atoms with E-state index in [0.29, 0.717) is 0 Å². The second-order valence-electron chi connectivity index (χ2n) is 2.99. The van der Waals surface area contributed by atoms with Crippen molar-refractivity contribution < 1.29 is 19.0 Å². The predicted molar refractivity (Wildman–Crippen MR) is 55.8 cm³/mol. The highest BCUT2D eigenvalue weighted by molar-refractivity contribution is 7.80. The van der Waals surface area contributed by atoms with Gasteiger partial charge in [-0.15, -0.1) is 9.46 Å². The quantitative estimate of drug-likeness (QED) is 0.421. The van der Waals surface area contributed by atoms with Gasteiger partial charge in [0, 0.05) is 6.07 Å². The van der Waals surface area contributed by atoms with E-state index in [1.807, 2.05) is 0 Å². The summed E-state index contributed by atoms with van der Waals surface area (Å²) in [5, 5.41) is 31.4. The molecule has 8 heteroatoms. The number of aromatic nitrogens is 2. The lowest BCUT2D eigenvalue weighted by atomic mass is 10.3. The fourth-order valence-electron chi connectivity index (χ4n) is 1.26. The molecule has 0 fully saturated rings. The number of thiol groups is 1. The smallest absolute Gasteiger partial charge is 0.460 e. The number of rotatable bonds is 0. The van der Waals surface area contributed by atoms with Gasteiger partial charge in [0.2, 0.25) is 0 Å². The Bertz CT molecular complexity index is 555. The Kier molecular flexibility index (Phi) is 2.43. The highest BCUT2D eigenvalue weighted by Crippen LogP contribution is 2.22. The number of halogens is 2. The van der Waals surface area contributed by atoms with E-state index < -0.39 is 16.7 Å². The molecule has 16 heavy (non-hydrogen) atoms. The van der Waals surface area contributed by atoms with Crippen LogP contribution in [0.15, 0.2) is 17.2 Å². The van der Waals surface area contributed by atoms with Gasteiger partial charge in [-0.1, -0.05) is 24.2 Å². The van der Waals surface area contributed by atoms with Gasteiger partial charge < -0.3 is 15.5 Å². The normalized spacial score (nSPS) is 10.9. The molecule has 5 nitrogen and oxygen atoms in total. The Morgan fingerprint density at radius 1 is 1.25 bits per heavy atom. The van der Waals surface area contributed by atoms with Crippen LogP contribution in [-0.2, 0) is 0 Å². The molecule has 0 bridgehead atoms. The average molecular weight is 263 g/mol. The van der Waals surface area contributed by atoms with Crippen molar-refractivity contribution >= 4 is 35.3 Å². The molecule has 0 amide bonds. The van der Waals surface area contributed by atoms with Crippen molar-refractivity contribution in [3.8, 4) is 5.88 Å². The number of hydrogen-bond acceptors (Lipinski definition) is 4. The Morgan fingerprint density at radius 2 is 1.81 bits per heavy atom. The minimum Gasteiger partial charge on any atom is -0.617 e. The summed E-state index contributed by atoms with van der Waals surface area (Å²) in [7, 11) is 0. The molecule has 0 aliphatic rings. The van der Waals surface area contributed by atoms with Crippen LogP contribution in [0.25, 0.3) is 11.0 Å². The van der Waals surface area contributed by atoms with E-state index in [2.05, 4.69) is 12.6 Å². The van der Waals surface area contributed by atoms with Crippen molar-refractivity contribution in [3.05, 3.63) is 33.4 Å². The van der Waals surface area contributed by atoms with Gasteiger partial charge in [-0.05, 0) is 0 Å². The number of hydrogen-bond donors (Lipinski definition) is 2. The molecule has 0 saturated heterocycles. The first-order valence-electron chi connectivity index (χ1n) is 3.99.